The van der Waals surface area contributed by atoms with Crippen LogP contribution in [0.15, 0.2) is 54.9 Å². The highest BCUT2D eigenvalue weighted by molar-refractivity contribution is 5.94. The average molecular weight is 372 g/mol. The van der Waals surface area contributed by atoms with Crippen molar-refractivity contribution in [3.63, 3.8) is 0 Å². The van der Waals surface area contributed by atoms with E-state index in [-0.39, 0.29) is 0 Å². The Labute approximate surface area is 163 Å². The van der Waals surface area contributed by atoms with E-state index in [2.05, 4.69) is 41.2 Å². The number of nitrogens with two attached hydrogens (primary N) is 1. The van der Waals surface area contributed by atoms with Crippen molar-refractivity contribution in [1.29, 1.82) is 0 Å². The third kappa shape index (κ3) is 3.20. The maximum Gasteiger partial charge on any atom is 0.165 e. The van der Waals surface area contributed by atoms with E-state index in [1.807, 2.05) is 24.3 Å². The molecule has 6 heteroatoms. The normalized spacial score (nSPS) is 10.8. The van der Waals surface area contributed by atoms with Crippen molar-refractivity contribution in [3.05, 3.63) is 60.4 Å². The van der Waals surface area contributed by atoms with Gasteiger partial charge >= 0.3 is 0 Å². The molecule has 6 nitrogen and oxygen atoms in total. The Balaban J connectivity index is 2.04. The molecule has 0 aliphatic rings. The first-order valence-corrected chi connectivity index (χ1v) is 8.81. The number of rotatable bonds is 4. The predicted octanol–water partition coefficient (Wildman–Crippen LogP) is 4.27. The van der Waals surface area contributed by atoms with Gasteiger partial charge in [-0.1, -0.05) is 29.8 Å². The zero-order valence-electron chi connectivity index (χ0n) is 15.9. The van der Waals surface area contributed by atoms with E-state index in [4.69, 9.17) is 20.2 Å². The van der Waals surface area contributed by atoms with Crippen molar-refractivity contribution in [1.82, 2.24) is 15.0 Å². The molecule has 2 N–H and O–H groups in total. The van der Waals surface area contributed by atoms with E-state index in [0.29, 0.717) is 23.0 Å². The second-order valence-electron chi connectivity index (χ2n) is 6.48. The van der Waals surface area contributed by atoms with Crippen molar-refractivity contribution in [3.8, 4) is 33.9 Å². The zero-order chi connectivity index (χ0) is 19.7. The quantitative estimate of drug-likeness (QED) is 0.576. The molecule has 0 aliphatic carbocycles. The highest BCUT2D eigenvalue weighted by atomic mass is 16.5. The summed E-state index contributed by atoms with van der Waals surface area (Å²) in [4.78, 5) is 13.2. The minimum atomic E-state index is 0.403. The summed E-state index contributed by atoms with van der Waals surface area (Å²) in [5.41, 5.74) is 11.4. The number of anilines is 1. The molecule has 4 aromatic rings. The van der Waals surface area contributed by atoms with Crippen molar-refractivity contribution in [2.24, 2.45) is 0 Å². The Morgan fingerprint density at radius 3 is 2.14 bits per heavy atom. The minimum absolute atomic E-state index is 0.403. The fourth-order valence-electron chi connectivity index (χ4n) is 3.12. The van der Waals surface area contributed by atoms with Gasteiger partial charge in [0, 0.05) is 17.2 Å². The van der Waals surface area contributed by atoms with Crippen LogP contribution in [0.25, 0.3) is 33.4 Å². The van der Waals surface area contributed by atoms with Crippen LogP contribution in [0.4, 0.5) is 5.82 Å². The Morgan fingerprint density at radius 1 is 0.821 bits per heavy atom. The van der Waals surface area contributed by atoms with Gasteiger partial charge in [0.15, 0.2) is 5.65 Å². The smallest absolute Gasteiger partial charge is 0.165 e. The van der Waals surface area contributed by atoms with E-state index in [0.717, 1.165) is 27.8 Å². The summed E-state index contributed by atoms with van der Waals surface area (Å²) in [5, 5.41) is 0.719. The van der Waals surface area contributed by atoms with E-state index in [9.17, 15) is 0 Å². The zero-order valence-corrected chi connectivity index (χ0v) is 15.9. The molecule has 0 atom stereocenters. The highest BCUT2D eigenvalue weighted by Crippen LogP contribution is 2.37. The predicted molar refractivity (Wildman–Crippen MR) is 110 cm³/mol. The molecule has 2 heterocycles. The van der Waals surface area contributed by atoms with Gasteiger partial charge in [0.25, 0.3) is 0 Å². The molecule has 140 valence electrons. The summed E-state index contributed by atoms with van der Waals surface area (Å²) in [5.74, 6) is 1.78. The monoisotopic (exact) mass is 372 g/mol. The number of ether oxygens (including phenoxy) is 2. The molecule has 0 saturated heterocycles. The lowest BCUT2D eigenvalue weighted by atomic mass is 9.97. The first kappa shape index (κ1) is 17.7. The number of methoxy groups -OCH3 is 2. The fourth-order valence-corrected chi connectivity index (χ4v) is 3.12. The van der Waals surface area contributed by atoms with Crippen LogP contribution in [-0.2, 0) is 0 Å². The molecule has 0 aliphatic heterocycles. The van der Waals surface area contributed by atoms with Gasteiger partial charge in [-0.2, -0.15) is 0 Å². The molecule has 0 bridgehead atoms. The van der Waals surface area contributed by atoms with E-state index >= 15 is 0 Å². The van der Waals surface area contributed by atoms with Crippen molar-refractivity contribution < 1.29 is 9.47 Å². The third-order valence-electron chi connectivity index (χ3n) is 4.64. The van der Waals surface area contributed by atoms with E-state index < -0.39 is 0 Å². The number of benzene rings is 2. The van der Waals surface area contributed by atoms with Crippen molar-refractivity contribution in [2.45, 2.75) is 6.92 Å². The molecule has 0 spiro atoms. The molecule has 2 aromatic heterocycles. The molecule has 0 radical (unpaired) electrons. The van der Waals surface area contributed by atoms with Crippen LogP contribution in [0.1, 0.15) is 5.56 Å². The first-order valence-electron chi connectivity index (χ1n) is 8.81. The first-order chi connectivity index (χ1) is 13.6. The summed E-state index contributed by atoms with van der Waals surface area (Å²) in [6.45, 7) is 2.06. The Bertz CT molecular complexity index is 1140. The van der Waals surface area contributed by atoms with Crippen LogP contribution < -0.4 is 15.2 Å². The third-order valence-corrected chi connectivity index (χ3v) is 4.64. The largest absolute Gasteiger partial charge is 0.497 e. The van der Waals surface area contributed by atoms with Crippen LogP contribution in [0.3, 0.4) is 0 Å². The lowest BCUT2D eigenvalue weighted by molar-refractivity contribution is 0.394. The van der Waals surface area contributed by atoms with Gasteiger partial charge in [-0.05, 0) is 30.7 Å². The topological polar surface area (TPSA) is 83.2 Å². The molecule has 28 heavy (non-hydrogen) atoms. The van der Waals surface area contributed by atoms with Gasteiger partial charge in [0.2, 0.25) is 0 Å². The van der Waals surface area contributed by atoms with E-state index in [1.54, 1.807) is 14.2 Å². The van der Waals surface area contributed by atoms with Gasteiger partial charge in [0.05, 0.1) is 25.3 Å². The number of hydrogen-bond donors (Lipinski definition) is 1. The van der Waals surface area contributed by atoms with E-state index in [1.165, 1.54) is 11.9 Å². The standard InChI is InChI=1S/C22H20N4O2/c1-13-4-6-14(7-5-13)18-11-19-21(23)24-12-25-22(19)26-20(18)15-8-16(27-2)10-17(9-15)28-3/h4-12H,1-3H3,(H2,23,24,25,26). The number of aryl methyl sites for hydroxylation is 1. The van der Waals surface area contributed by atoms with Crippen molar-refractivity contribution in [2.75, 3.05) is 20.0 Å². The second kappa shape index (κ2) is 7.15. The molecule has 4 rings (SSSR count). The number of nitrogens with zero attached hydrogens (tertiary/aromatic N) is 3. The lowest BCUT2D eigenvalue weighted by Crippen LogP contribution is -1.99. The molecule has 0 fully saturated rings. The SMILES string of the molecule is COc1cc(OC)cc(-c2nc3ncnc(N)c3cc2-c2ccc(C)cc2)c1. The average Bonchev–Trinajstić information content (AvgIpc) is 2.73. The fraction of sp³-hybridized carbons (Fsp3) is 0.136. The molecule has 2 aromatic carbocycles. The number of pyridine rings is 1. The lowest BCUT2D eigenvalue weighted by Gasteiger charge is -2.14. The molecular weight excluding hydrogens is 352 g/mol. The summed E-state index contributed by atoms with van der Waals surface area (Å²) in [7, 11) is 3.25. The van der Waals surface area contributed by atoms with Crippen LogP contribution >= 0.6 is 0 Å². The Hall–Kier alpha value is -3.67. The highest BCUT2D eigenvalue weighted by Gasteiger charge is 2.15. The summed E-state index contributed by atoms with van der Waals surface area (Å²) in [6, 6.07) is 16.0. The van der Waals surface area contributed by atoms with Gasteiger partial charge < -0.3 is 15.2 Å². The second-order valence-corrected chi connectivity index (χ2v) is 6.48. The van der Waals surface area contributed by atoms with Crippen LogP contribution in [0, 0.1) is 6.92 Å². The van der Waals surface area contributed by atoms with Crippen LogP contribution in [0.2, 0.25) is 0 Å². The molecule has 0 amide bonds. The maximum absolute atomic E-state index is 6.08. The molecular formula is C22H20N4O2. The van der Waals surface area contributed by atoms with Crippen LogP contribution in [-0.4, -0.2) is 29.2 Å². The summed E-state index contributed by atoms with van der Waals surface area (Å²) >= 11 is 0. The van der Waals surface area contributed by atoms with Gasteiger partial charge in [-0.15, -0.1) is 0 Å². The summed E-state index contributed by atoms with van der Waals surface area (Å²) in [6.07, 6.45) is 1.42. The van der Waals surface area contributed by atoms with Gasteiger partial charge in [0.1, 0.15) is 23.6 Å². The molecule has 0 unspecified atom stereocenters. The Kier molecular flexibility index (Phi) is 4.53. The molecule has 0 saturated carbocycles. The number of nitrogen functional groups attached to an aromatic ring is 1. The Morgan fingerprint density at radius 2 is 1.50 bits per heavy atom. The number of hydrogen-bond acceptors (Lipinski definition) is 6. The maximum atomic E-state index is 6.08. The number of fused-ring (bicyclic) bond motifs is 1. The minimum Gasteiger partial charge on any atom is -0.497 e. The number of aromatic nitrogens is 3. The van der Waals surface area contributed by atoms with Gasteiger partial charge in [-0.3, -0.25) is 0 Å². The summed E-state index contributed by atoms with van der Waals surface area (Å²) < 4.78 is 10.9. The van der Waals surface area contributed by atoms with Crippen LogP contribution in [0.5, 0.6) is 11.5 Å². The van der Waals surface area contributed by atoms with Gasteiger partial charge in [-0.25, -0.2) is 15.0 Å². The van der Waals surface area contributed by atoms with Crippen molar-refractivity contribution >= 4 is 16.9 Å².